The second-order valence-electron chi connectivity index (χ2n) is 3.43. The van der Waals surface area contributed by atoms with Crippen molar-refractivity contribution in [1.82, 2.24) is 4.90 Å². The molecule has 0 radical (unpaired) electrons. The molecule has 1 aliphatic rings. The van der Waals surface area contributed by atoms with Crippen LogP contribution in [0.4, 0.5) is 5.69 Å². The van der Waals surface area contributed by atoms with E-state index in [4.69, 9.17) is 16.3 Å². The first-order valence-electron chi connectivity index (χ1n) is 4.56. The highest BCUT2D eigenvalue weighted by Gasteiger charge is 2.16. The summed E-state index contributed by atoms with van der Waals surface area (Å²) in [6.07, 6.45) is 1.79. The minimum atomic E-state index is 0.377. The number of aliphatic imine (C=N–C) groups is 1. The topological polar surface area (TPSA) is 24.8 Å². The molecule has 0 N–H and O–H groups in total. The van der Waals surface area contributed by atoms with Crippen LogP contribution in [0.1, 0.15) is 0 Å². The predicted octanol–water partition coefficient (Wildman–Crippen LogP) is 2.75. The van der Waals surface area contributed by atoms with E-state index in [0.717, 1.165) is 11.4 Å². The lowest BCUT2D eigenvalue weighted by Gasteiger charge is -2.17. The molecule has 2 rings (SSSR count). The van der Waals surface area contributed by atoms with E-state index in [-0.39, 0.29) is 0 Å². The fraction of sp³-hybridized carbons (Fsp3) is 0.182. The van der Waals surface area contributed by atoms with E-state index in [1.807, 2.05) is 43.3 Å². The van der Waals surface area contributed by atoms with Gasteiger partial charge in [-0.3, -0.25) is 0 Å². The van der Waals surface area contributed by atoms with E-state index in [1.54, 1.807) is 6.20 Å². The van der Waals surface area contributed by atoms with Crippen LogP contribution in [0.3, 0.4) is 0 Å². The summed E-state index contributed by atoms with van der Waals surface area (Å²) in [5.41, 5.74) is 0.762. The predicted molar refractivity (Wildman–Crippen MR) is 61.8 cm³/mol. The van der Waals surface area contributed by atoms with Crippen molar-refractivity contribution in [1.29, 1.82) is 0 Å². The molecule has 1 aromatic rings. The van der Waals surface area contributed by atoms with Crippen LogP contribution in [0, 0.1) is 0 Å². The van der Waals surface area contributed by atoms with E-state index in [2.05, 4.69) is 4.99 Å². The maximum atomic E-state index is 5.98. The molecule has 1 heterocycles. The number of hydrogen-bond acceptors (Lipinski definition) is 3. The summed E-state index contributed by atoms with van der Waals surface area (Å²) in [5.74, 6) is 1.30. The third-order valence-corrected chi connectivity index (χ3v) is 2.15. The van der Waals surface area contributed by atoms with Gasteiger partial charge in [0.2, 0.25) is 0 Å². The largest absolute Gasteiger partial charge is 0.450 e. The van der Waals surface area contributed by atoms with Crippen molar-refractivity contribution in [3.8, 4) is 5.75 Å². The van der Waals surface area contributed by atoms with Crippen molar-refractivity contribution in [3.63, 3.8) is 0 Å². The van der Waals surface area contributed by atoms with Gasteiger partial charge in [0.15, 0.2) is 16.7 Å². The van der Waals surface area contributed by atoms with E-state index in [9.17, 15) is 0 Å². The van der Waals surface area contributed by atoms with Crippen molar-refractivity contribution in [3.05, 3.63) is 36.2 Å². The fourth-order valence-corrected chi connectivity index (χ4v) is 1.45. The number of para-hydroxylation sites is 2. The Hall–Kier alpha value is -1.48. The second kappa shape index (κ2) is 3.95. The lowest BCUT2D eigenvalue weighted by atomic mass is 10.3. The van der Waals surface area contributed by atoms with Crippen LogP contribution in [-0.4, -0.2) is 24.2 Å². The summed E-state index contributed by atoms with van der Waals surface area (Å²) in [6, 6.07) is 7.53. The minimum Gasteiger partial charge on any atom is -0.450 e. The molecule has 0 aliphatic carbocycles. The van der Waals surface area contributed by atoms with Gasteiger partial charge in [0.05, 0.1) is 0 Å². The van der Waals surface area contributed by atoms with Gasteiger partial charge in [-0.15, -0.1) is 0 Å². The second-order valence-corrected chi connectivity index (χ2v) is 3.79. The molecule has 78 valence electrons. The summed E-state index contributed by atoms with van der Waals surface area (Å²) in [7, 11) is 3.81. The molecule has 0 fully saturated rings. The Balaban J connectivity index is 2.40. The third-order valence-electron chi connectivity index (χ3n) is 1.88. The van der Waals surface area contributed by atoms with Crippen LogP contribution in [0.5, 0.6) is 5.75 Å². The van der Waals surface area contributed by atoms with Gasteiger partial charge < -0.3 is 9.64 Å². The monoisotopic (exact) mass is 222 g/mol. The van der Waals surface area contributed by atoms with E-state index in [1.165, 1.54) is 0 Å². The summed E-state index contributed by atoms with van der Waals surface area (Å²) in [4.78, 5) is 6.10. The van der Waals surface area contributed by atoms with Crippen molar-refractivity contribution in [2.75, 3.05) is 14.1 Å². The molecule has 1 aliphatic heterocycles. The SMILES string of the molecule is CN(C)/C=C1/Oc2ccccc2N=C1Cl. The first kappa shape index (κ1) is 10.1. The molecule has 0 saturated carbocycles. The van der Waals surface area contributed by atoms with Gasteiger partial charge in [-0.2, -0.15) is 0 Å². The smallest absolute Gasteiger partial charge is 0.180 e. The lowest BCUT2D eigenvalue weighted by molar-refractivity contribution is 0.428. The van der Waals surface area contributed by atoms with Gasteiger partial charge in [0.1, 0.15) is 5.69 Å². The Morgan fingerprint density at radius 3 is 2.80 bits per heavy atom. The van der Waals surface area contributed by atoms with Crippen LogP contribution < -0.4 is 4.74 Å². The number of allylic oxidation sites excluding steroid dienone is 1. The first-order valence-corrected chi connectivity index (χ1v) is 4.94. The van der Waals surface area contributed by atoms with Gasteiger partial charge in [-0.1, -0.05) is 23.7 Å². The average molecular weight is 223 g/mol. The summed E-state index contributed by atoms with van der Waals surface area (Å²) < 4.78 is 5.61. The van der Waals surface area contributed by atoms with Gasteiger partial charge in [-0.25, -0.2) is 4.99 Å². The highest BCUT2D eigenvalue weighted by Crippen LogP contribution is 2.33. The molecule has 3 nitrogen and oxygen atoms in total. The summed E-state index contributed by atoms with van der Waals surface area (Å²) in [6.45, 7) is 0. The normalized spacial score (nSPS) is 16.7. The van der Waals surface area contributed by atoms with Gasteiger partial charge >= 0.3 is 0 Å². The zero-order valence-electron chi connectivity index (χ0n) is 8.57. The average Bonchev–Trinajstić information content (AvgIpc) is 2.18. The van der Waals surface area contributed by atoms with Gasteiger partial charge in [-0.05, 0) is 12.1 Å². The minimum absolute atomic E-state index is 0.377. The lowest BCUT2D eigenvalue weighted by Crippen LogP contribution is -2.12. The molecule has 0 amide bonds. The number of fused-ring (bicyclic) bond motifs is 1. The molecular formula is C11H11ClN2O. The standard InChI is InChI=1S/C11H11ClN2O/c1-14(2)7-10-11(12)13-8-5-3-4-6-9(8)15-10/h3-7H,1-2H3/b10-7+. The quantitative estimate of drug-likeness (QED) is 0.730. The zero-order valence-corrected chi connectivity index (χ0v) is 9.32. The van der Waals surface area contributed by atoms with Crippen LogP contribution in [-0.2, 0) is 0 Å². The van der Waals surface area contributed by atoms with E-state index in [0.29, 0.717) is 10.9 Å². The molecule has 4 heteroatoms. The Kier molecular flexibility index (Phi) is 2.64. The number of ether oxygens (including phenoxy) is 1. The van der Waals surface area contributed by atoms with Crippen LogP contribution >= 0.6 is 11.6 Å². The summed E-state index contributed by atoms with van der Waals surface area (Å²) >= 11 is 5.98. The van der Waals surface area contributed by atoms with Gasteiger partial charge in [0, 0.05) is 20.3 Å². The molecule has 0 atom stereocenters. The highest BCUT2D eigenvalue weighted by molar-refractivity contribution is 6.69. The molecule has 0 saturated heterocycles. The Labute approximate surface area is 93.6 Å². The molecule has 0 spiro atoms. The number of halogens is 1. The molecule has 0 unspecified atom stereocenters. The van der Waals surface area contributed by atoms with E-state index < -0.39 is 0 Å². The number of nitrogens with zero attached hydrogens (tertiary/aromatic N) is 2. The van der Waals surface area contributed by atoms with Gasteiger partial charge in [0.25, 0.3) is 0 Å². The summed E-state index contributed by atoms with van der Waals surface area (Å²) in [5, 5.41) is 0.377. The molecule has 1 aromatic carbocycles. The van der Waals surface area contributed by atoms with Crippen molar-refractivity contribution >= 4 is 22.5 Å². The Morgan fingerprint density at radius 2 is 2.07 bits per heavy atom. The molecule has 0 bridgehead atoms. The first-order chi connectivity index (χ1) is 7.16. The van der Waals surface area contributed by atoms with Crippen molar-refractivity contribution in [2.45, 2.75) is 0 Å². The number of hydrogen-bond donors (Lipinski definition) is 0. The van der Waals surface area contributed by atoms with Crippen molar-refractivity contribution in [2.24, 2.45) is 4.99 Å². The number of rotatable bonds is 1. The Morgan fingerprint density at radius 1 is 1.33 bits per heavy atom. The van der Waals surface area contributed by atoms with E-state index >= 15 is 0 Å². The maximum Gasteiger partial charge on any atom is 0.180 e. The molecule has 0 aromatic heterocycles. The van der Waals surface area contributed by atoms with Crippen molar-refractivity contribution < 1.29 is 4.74 Å². The fourth-order valence-electron chi connectivity index (χ4n) is 1.27. The molecular weight excluding hydrogens is 212 g/mol. The molecule has 15 heavy (non-hydrogen) atoms. The highest BCUT2D eigenvalue weighted by atomic mass is 35.5. The van der Waals surface area contributed by atoms with Crippen LogP contribution in [0.25, 0.3) is 0 Å². The zero-order chi connectivity index (χ0) is 10.8. The maximum absolute atomic E-state index is 5.98. The Bertz CT molecular complexity index is 438. The van der Waals surface area contributed by atoms with Crippen LogP contribution in [0.2, 0.25) is 0 Å². The number of benzene rings is 1. The van der Waals surface area contributed by atoms with Crippen LogP contribution in [0.15, 0.2) is 41.2 Å². The third kappa shape index (κ3) is 2.13.